The number of nitrogens with zero attached hydrogens (tertiary/aromatic N) is 1. The summed E-state index contributed by atoms with van der Waals surface area (Å²) >= 11 is 0. The zero-order valence-corrected chi connectivity index (χ0v) is 8.71. The first kappa shape index (κ1) is 10.5. The number of carbonyl (C=O) groups excluding carboxylic acids is 1. The zero-order chi connectivity index (χ0) is 11.7. The Morgan fingerprint density at radius 3 is 2.88 bits per heavy atom. The second kappa shape index (κ2) is 3.84. The normalized spacial score (nSPS) is 19.7. The Balaban J connectivity index is 2.23. The van der Waals surface area contributed by atoms with Crippen LogP contribution in [0, 0.1) is 0 Å². The minimum Gasteiger partial charge on any atom is -0.479 e. The maximum Gasteiger partial charge on any atom is 0.330 e. The van der Waals surface area contributed by atoms with Gasteiger partial charge in [0.1, 0.15) is 0 Å². The van der Waals surface area contributed by atoms with Crippen LogP contribution in [0.2, 0.25) is 0 Å². The number of furan rings is 1. The fourth-order valence-electron chi connectivity index (χ4n) is 1.78. The van der Waals surface area contributed by atoms with Crippen molar-refractivity contribution < 1.29 is 19.1 Å². The van der Waals surface area contributed by atoms with Crippen LogP contribution in [-0.4, -0.2) is 34.5 Å². The number of hydrogen-bond acceptors (Lipinski definition) is 3. The van der Waals surface area contributed by atoms with Gasteiger partial charge < -0.3 is 14.4 Å². The molecule has 0 saturated heterocycles. The first-order valence-corrected chi connectivity index (χ1v) is 4.85. The molecule has 0 fully saturated rings. The summed E-state index contributed by atoms with van der Waals surface area (Å²) in [6.07, 6.45) is 3.12. The number of carboxylic acid groups (broad SMARTS) is 1. The second-order valence-corrected chi connectivity index (χ2v) is 3.62. The second-order valence-electron chi connectivity index (χ2n) is 3.62. The molecule has 1 aliphatic rings. The molecule has 1 N–H and O–H groups in total. The molecule has 1 aromatic rings. The Morgan fingerprint density at radius 1 is 1.56 bits per heavy atom. The molecule has 5 heteroatoms. The van der Waals surface area contributed by atoms with E-state index in [1.165, 1.54) is 17.2 Å². The van der Waals surface area contributed by atoms with Crippen LogP contribution in [-0.2, 0) is 4.79 Å². The van der Waals surface area contributed by atoms with Crippen LogP contribution in [0.5, 0.6) is 0 Å². The fraction of sp³-hybridized carbons (Fsp3) is 0.273. The minimum atomic E-state index is -1.02. The highest BCUT2D eigenvalue weighted by Crippen LogP contribution is 2.20. The quantitative estimate of drug-likeness (QED) is 0.760. The summed E-state index contributed by atoms with van der Waals surface area (Å²) < 4.78 is 4.96. The van der Waals surface area contributed by atoms with Gasteiger partial charge in [0, 0.05) is 6.54 Å². The average molecular weight is 221 g/mol. The van der Waals surface area contributed by atoms with Gasteiger partial charge in [-0.1, -0.05) is 6.08 Å². The summed E-state index contributed by atoms with van der Waals surface area (Å²) in [5, 5.41) is 9.04. The third kappa shape index (κ3) is 1.60. The average Bonchev–Trinajstić information content (AvgIpc) is 2.84. The van der Waals surface area contributed by atoms with Gasteiger partial charge in [0.2, 0.25) is 0 Å². The van der Waals surface area contributed by atoms with E-state index in [-0.39, 0.29) is 5.76 Å². The van der Waals surface area contributed by atoms with E-state index in [1.54, 1.807) is 19.1 Å². The lowest BCUT2D eigenvalue weighted by molar-refractivity contribution is -0.140. The molecule has 0 radical (unpaired) electrons. The Bertz CT molecular complexity index is 447. The maximum absolute atomic E-state index is 11.9. The molecule has 1 amide bonds. The van der Waals surface area contributed by atoms with Crippen molar-refractivity contribution in [2.24, 2.45) is 0 Å². The van der Waals surface area contributed by atoms with Crippen molar-refractivity contribution in [3.05, 3.63) is 35.8 Å². The van der Waals surface area contributed by atoms with Gasteiger partial charge in [-0.3, -0.25) is 4.79 Å². The maximum atomic E-state index is 11.9. The first-order valence-electron chi connectivity index (χ1n) is 4.85. The zero-order valence-electron chi connectivity index (χ0n) is 8.71. The van der Waals surface area contributed by atoms with Gasteiger partial charge in [0.05, 0.1) is 6.26 Å². The van der Waals surface area contributed by atoms with E-state index >= 15 is 0 Å². The van der Waals surface area contributed by atoms with E-state index in [0.29, 0.717) is 12.1 Å². The molecule has 2 rings (SSSR count). The number of rotatable bonds is 2. The highest BCUT2D eigenvalue weighted by atomic mass is 16.4. The molecule has 0 saturated carbocycles. The molecule has 1 atom stereocenters. The topological polar surface area (TPSA) is 70.8 Å². The predicted octanol–water partition coefficient (Wildman–Crippen LogP) is 1.13. The van der Waals surface area contributed by atoms with Gasteiger partial charge in [0.15, 0.2) is 11.8 Å². The van der Waals surface area contributed by atoms with Crippen LogP contribution >= 0.6 is 0 Å². The van der Waals surface area contributed by atoms with E-state index in [9.17, 15) is 9.59 Å². The molecule has 1 aliphatic heterocycles. The number of carboxylic acids is 1. The molecule has 0 bridgehead atoms. The third-order valence-corrected chi connectivity index (χ3v) is 2.58. The molecule has 0 spiro atoms. The molecular formula is C11H11NO4. The lowest BCUT2D eigenvalue weighted by Crippen LogP contribution is -2.42. The summed E-state index contributed by atoms with van der Waals surface area (Å²) in [6, 6.07) is 2.24. The molecule has 1 unspecified atom stereocenters. The number of amides is 1. The van der Waals surface area contributed by atoms with Crippen molar-refractivity contribution in [1.29, 1.82) is 0 Å². The van der Waals surface area contributed by atoms with E-state index in [4.69, 9.17) is 9.52 Å². The van der Waals surface area contributed by atoms with Gasteiger partial charge in [-0.2, -0.15) is 0 Å². The van der Waals surface area contributed by atoms with E-state index in [1.807, 2.05) is 0 Å². The molecule has 2 heterocycles. The van der Waals surface area contributed by atoms with Crippen LogP contribution in [0.4, 0.5) is 0 Å². The van der Waals surface area contributed by atoms with E-state index in [2.05, 4.69) is 0 Å². The van der Waals surface area contributed by atoms with Gasteiger partial charge in [-0.05, 0) is 24.6 Å². The van der Waals surface area contributed by atoms with Crippen LogP contribution in [0.1, 0.15) is 17.5 Å². The lowest BCUT2D eigenvalue weighted by atomic mass is 10.1. The van der Waals surface area contributed by atoms with E-state index < -0.39 is 17.9 Å². The number of hydrogen-bond donors (Lipinski definition) is 1. The lowest BCUT2D eigenvalue weighted by Gasteiger charge is -2.21. The Hall–Kier alpha value is -2.04. The molecule has 16 heavy (non-hydrogen) atoms. The largest absolute Gasteiger partial charge is 0.479 e. The van der Waals surface area contributed by atoms with Gasteiger partial charge in [0.25, 0.3) is 5.91 Å². The predicted molar refractivity (Wildman–Crippen MR) is 54.9 cm³/mol. The van der Waals surface area contributed by atoms with E-state index in [0.717, 1.165) is 0 Å². The summed E-state index contributed by atoms with van der Waals surface area (Å²) in [7, 11) is 0. The molecule has 1 aromatic heterocycles. The van der Waals surface area contributed by atoms with Gasteiger partial charge in [-0.25, -0.2) is 4.79 Å². The summed E-state index contributed by atoms with van der Waals surface area (Å²) in [5.74, 6) is -1.26. The highest BCUT2D eigenvalue weighted by Gasteiger charge is 2.35. The van der Waals surface area contributed by atoms with Crippen molar-refractivity contribution in [3.63, 3.8) is 0 Å². The standard InChI is InChI=1S/C11H11NO4/c1-7-4-5-12(9(7)11(14)15)10(13)8-3-2-6-16-8/h2-4,6,9H,5H2,1H3,(H,14,15). The third-order valence-electron chi connectivity index (χ3n) is 2.58. The smallest absolute Gasteiger partial charge is 0.330 e. The van der Waals surface area contributed by atoms with Crippen LogP contribution < -0.4 is 0 Å². The molecule has 0 aromatic carbocycles. The molecule has 0 aliphatic carbocycles. The summed E-state index contributed by atoms with van der Waals surface area (Å²) in [5.41, 5.74) is 0.674. The minimum absolute atomic E-state index is 0.161. The summed E-state index contributed by atoms with van der Waals surface area (Å²) in [4.78, 5) is 24.2. The highest BCUT2D eigenvalue weighted by molar-refractivity contribution is 5.96. The first-order chi connectivity index (χ1) is 7.61. The fourth-order valence-corrected chi connectivity index (χ4v) is 1.78. The SMILES string of the molecule is CC1=CCN(C(=O)c2ccco2)C1C(=O)O. The Labute approximate surface area is 92.0 Å². The Morgan fingerprint density at radius 2 is 2.31 bits per heavy atom. The summed E-state index contributed by atoms with van der Waals surface area (Å²) in [6.45, 7) is 2.01. The molecule has 5 nitrogen and oxygen atoms in total. The van der Waals surface area contributed by atoms with Crippen molar-refractivity contribution in [3.8, 4) is 0 Å². The number of aliphatic carboxylic acids is 1. The monoisotopic (exact) mass is 221 g/mol. The van der Waals surface area contributed by atoms with Gasteiger partial charge in [-0.15, -0.1) is 0 Å². The van der Waals surface area contributed by atoms with Gasteiger partial charge >= 0.3 is 5.97 Å². The Kier molecular flexibility index (Phi) is 2.52. The van der Waals surface area contributed by atoms with Crippen LogP contribution in [0.3, 0.4) is 0 Å². The van der Waals surface area contributed by atoms with Crippen molar-refractivity contribution >= 4 is 11.9 Å². The number of carbonyl (C=O) groups is 2. The van der Waals surface area contributed by atoms with Crippen LogP contribution in [0.25, 0.3) is 0 Å². The molecule has 84 valence electrons. The van der Waals surface area contributed by atoms with Crippen molar-refractivity contribution in [1.82, 2.24) is 4.90 Å². The van der Waals surface area contributed by atoms with Crippen LogP contribution in [0.15, 0.2) is 34.5 Å². The molecular weight excluding hydrogens is 210 g/mol. The van der Waals surface area contributed by atoms with Crippen molar-refractivity contribution in [2.75, 3.05) is 6.54 Å². The van der Waals surface area contributed by atoms with Crippen molar-refractivity contribution in [2.45, 2.75) is 13.0 Å².